The maximum atomic E-state index is 9.88. The van der Waals surface area contributed by atoms with Crippen LogP contribution in [-0.2, 0) is 17.7 Å². The lowest BCUT2D eigenvalue weighted by Gasteiger charge is -2.36. The van der Waals surface area contributed by atoms with Crippen molar-refractivity contribution in [2.75, 3.05) is 40.0 Å². The van der Waals surface area contributed by atoms with Crippen molar-refractivity contribution in [2.45, 2.75) is 19.4 Å². The first-order valence-corrected chi connectivity index (χ1v) is 8.38. The molecule has 2 atom stereocenters. The Hall–Kier alpha value is -1.36. The number of allylic oxidation sites excluding steroid dienone is 1. The summed E-state index contributed by atoms with van der Waals surface area (Å²) in [6.07, 6.45) is 3.78. The van der Waals surface area contributed by atoms with Crippen LogP contribution in [-0.4, -0.2) is 50.0 Å². The predicted molar refractivity (Wildman–Crippen MR) is 90.6 cm³/mol. The van der Waals surface area contributed by atoms with Crippen molar-refractivity contribution in [3.8, 4) is 5.75 Å². The van der Waals surface area contributed by atoms with Crippen molar-refractivity contribution in [1.82, 2.24) is 4.90 Å². The Morgan fingerprint density at radius 3 is 3.09 bits per heavy atom. The van der Waals surface area contributed by atoms with Gasteiger partial charge < -0.3 is 14.6 Å². The highest BCUT2D eigenvalue weighted by Crippen LogP contribution is 2.41. The van der Waals surface area contributed by atoms with E-state index in [0.717, 1.165) is 44.8 Å². The molecule has 2 fully saturated rings. The second-order valence-electron chi connectivity index (χ2n) is 6.87. The van der Waals surface area contributed by atoms with Crippen LogP contribution in [0.2, 0.25) is 0 Å². The summed E-state index contributed by atoms with van der Waals surface area (Å²) in [6.45, 7) is 8.43. The molecule has 2 aliphatic heterocycles. The van der Waals surface area contributed by atoms with Gasteiger partial charge in [-0.1, -0.05) is 18.2 Å². The third-order valence-electron chi connectivity index (χ3n) is 5.31. The van der Waals surface area contributed by atoms with Crippen LogP contribution >= 0.6 is 0 Å². The highest BCUT2D eigenvalue weighted by molar-refractivity contribution is 5.38. The smallest absolute Gasteiger partial charge is 0.122 e. The molecular formula is C19H27NO3. The fourth-order valence-electron chi connectivity index (χ4n) is 4.05. The lowest BCUT2D eigenvalue weighted by Crippen LogP contribution is -2.42. The van der Waals surface area contributed by atoms with Crippen LogP contribution in [0, 0.1) is 11.3 Å². The molecule has 0 bridgehead atoms. The van der Waals surface area contributed by atoms with E-state index in [9.17, 15) is 5.11 Å². The quantitative estimate of drug-likeness (QED) is 0.817. The van der Waals surface area contributed by atoms with E-state index in [1.54, 1.807) is 7.11 Å². The molecule has 1 aromatic carbocycles. The molecule has 0 spiro atoms. The molecule has 0 radical (unpaired) electrons. The van der Waals surface area contributed by atoms with Crippen LogP contribution in [0.15, 0.2) is 30.9 Å². The number of likely N-dealkylation sites (tertiary alicyclic amines) is 1. The molecule has 0 aromatic heterocycles. The molecule has 2 aliphatic rings. The number of fused-ring (bicyclic) bond motifs is 1. The minimum absolute atomic E-state index is 0.0608. The van der Waals surface area contributed by atoms with Crippen molar-refractivity contribution in [1.29, 1.82) is 0 Å². The van der Waals surface area contributed by atoms with Gasteiger partial charge in [0.15, 0.2) is 0 Å². The SMILES string of the molecule is C=CCc1cc(CN2C[C@@H]3CCOC[C@]3(CO)C2)ccc1OC. The van der Waals surface area contributed by atoms with Crippen LogP contribution in [0.25, 0.3) is 0 Å². The first-order chi connectivity index (χ1) is 11.2. The lowest BCUT2D eigenvalue weighted by molar-refractivity contribution is -0.0561. The summed E-state index contributed by atoms with van der Waals surface area (Å²) in [5, 5.41) is 9.88. The lowest BCUT2D eigenvalue weighted by atomic mass is 9.76. The van der Waals surface area contributed by atoms with Crippen molar-refractivity contribution in [2.24, 2.45) is 11.3 Å². The molecule has 1 aromatic rings. The molecule has 2 heterocycles. The second-order valence-corrected chi connectivity index (χ2v) is 6.87. The minimum atomic E-state index is -0.0608. The molecule has 1 N–H and O–H groups in total. The summed E-state index contributed by atoms with van der Waals surface area (Å²) < 4.78 is 11.1. The van der Waals surface area contributed by atoms with Crippen molar-refractivity contribution in [3.05, 3.63) is 42.0 Å². The predicted octanol–water partition coefficient (Wildman–Crippen LogP) is 2.25. The molecule has 4 heteroatoms. The van der Waals surface area contributed by atoms with E-state index in [1.165, 1.54) is 11.1 Å². The number of benzene rings is 1. The Kier molecular flexibility index (Phi) is 5.05. The van der Waals surface area contributed by atoms with Gasteiger partial charge in [-0.2, -0.15) is 0 Å². The number of aliphatic hydroxyl groups is 1. The molecule has 0 amide bonds. The highest BCUT2D eigenvalue weighted by Gasteiger charge is 2.47. The number of hydrogen-bond acceptors (Lipinski definition) is 4. The van der Waals surface area contributed by atoms with E-state index in [0.29, 0.717) is 12.5 Å². The van der Waals surface area contributed by atoms with Crippen molar-refractivity contribution >= 4 is 0 Å². The zero-order valence-electron chi connectivity index (χ0n) is 14.0. The number of methoxy groups -OCH3 is 1. The second kappa shape index (κ2) is 7.04. The van der Waals surface area contributed by atoms with E-state index in [1.807, 2.05) is 12.1 Å². The van der Waals surface area contributed by atoms with Gasteiger partial charge in [0.25, 0.3) is 0 Å². The Balaban J connectivity index is 1.72. The monoisotopic (exact) mass is 317 g/mol. The van der Waals surface area contributed by atoms with Gasteiger partial charge in [0.1, 0.15) is 5.75 Å². The van der Waals surface area contributed by atoms with Gasteiger partial charge in [0.2, 0.25) is 0 Å². The van der Waals surface area contributed by atoms with E-state index in [2.05, 4.69) is 23.6 Å². The molecule has 0 aliphatic carbocycles. The number of rotatable bonds is 6. The van der Waals surface area contributed by atoms with Gasteiger partial charge in [-0.25, -0.2) is 0 Å². The standard InChI is InChI=1S/C19H27NO3/c1-3-4-16-9-15(5-6-18(16)22-2)10-20-11-17-7-8-23-14-19(17,12-20)13-21/h3,5-6,9,17,21H,1,4,7-8,10-14H2,2H3/t17-,19+/m0/s1. The van der Waals surface area contributed by atoms with Gasteiger partial charge in [-0.15, -0.1) is 6.58 Å². The zero-order valence-corrected chi connectivity index (χ0v) is 14.0. The maximum Gasteiger partial charge on any atom is 0.122 e. The summed E-state index contributed by atoms with van der Waals surface area (Å²) in [4.78, 5) is 2.45. The first-order valence-electron chi connectivity index (χ1n) is 8.38. The molecule has 2 saturated heterocycles. The summed E-state index contributed by atoms with van der Waals surface area (Å²) in [5.74, 6) is 1.47. The third-order valence-corrected chi connectivity index (χ3v) is 5.31. The summed E-state index contributed by atoms with van der Waals surface area (Å²) in [7, 11) is 1.71. The fourth-order valence-corrected chi connectivity index (χ4v) is 4.05. The number of aliphatic hydroxyl groups excluding tert-OH is 1. The summed E-state index contributed by atoms with van der Waals surface area (Å²) >= 11 is 0. The van der Waals surface area contributed by atoms with Gasteiger partial charge in [-0.05, 0) is 36.0 Å². The summed E-state index contributed by atoms with van der Waals surface area (Å²) in [5.41, 5.74) is 2.40. The van der Waals surface area contributed by atoms with E-state index >= 15 is 0 Å². The average Bonchev–Trinajstić information content (AvgIpc) is 2.94. The van der Waals surface area contributed by atoms with Gasteiger partial charge in [0, 0.05) is 31.7 Å². The summed E-state index contributed by atoms with van der Waals surface area (Å²) in [6, 6.07) is 6.39. The number of hydrogen-bond donors (Lipinski definition) is 1. The first kappa shape index (κ1) is 16.5. The van der Waals surface area contributed by atoms with Crippen LogP contribution < -0.4 is 4.74 Å². The Labute approximate surface area is 138 Å². The molecule has 126 valence electrons. The Bertz CT molecular complexity index is 560. The Morgan fingerprint density at radius 1 is 1.52 bits per heavy atom. The number of nitrogens with zero attached hydrogens (tertiary/aromatic N) is 1. The van der Waals surface area contributed by atoms with E-state index in [4.69, 9.17) is 9.47 Å². The van der Waals surface area contributed by atoms with Crippen LogP contribution in [0.1, 0.15) is 17.5 Å². The normalized spacial score (nSPS) is 27.7. The van der Waals surface area contributed by atoms with Crippen LogP contribution in [0.3, 0.4) is 0 Å². The largest absolute Gasteiger partial charge is 0.496 e. The van der Waals surface area contributed by atoms with Crippen LogP contribution in [0.5, 0.6) is 5.75 Å². The minimum Gasteiger partial charge on any atom is -0.496 e. The van der Waals surface area contributed by atoms with E-state index in [-0.39, 0.29) is 12.0 Å². The Morgan fingerprint density at radius 2 is 2.39 bits per heavy atom. The van der Waals surface area contributed by atoms with Crippen molar-refractivity contribution in [3.63, 3.8) is 0 Å². The zero-order chi connectivity index (χ0) is 16.3. The highest BCUT2D eigenvalue weighted by atomic mass is 16.5. The molecule has 4 nitrogen and oxygen atoms in total. The molecular weight excluding hydrogens is 290 g/mol. The molecule has 0 saturated carbocycles. The van der Waals surface area contributed by atoms with Crippen LogP contribution in [0.4, 0.5) is 0 Å². The molecule has 3 rings (SSSR count). The average molecular weight is 317 g/mol. The van der Waals surface area contributed by atoms with E-state index < -0.39 is 0 Å². The third kappa shape index (κ3) is 3.30. The maximum absolute atomic E-state index is 9.88. The molecule has 23 heavy (non-hydrogen) atoms. The van der Waals surface area contributed by atoms with Gasteiger partial charge >= 0.3 is 0 Å². The topological polar surface area (TPSA) is 41.9 Å². The van der Waals surface area contributed by atoms with Gasteiger partial charge in [0.05, 0.1) is 20.3 Å². The molecule has 0 unspecified atom stereocenters. The van der Waals surface area contributed by atoms with Crippen molar-refractivity contribution < 1.29 is 14.6 Å². The fraction of sp³-hybridized carbons (Fsp3) is 0.579. The number of ether oxygens (including phenoxy) is 2. The van der Waals surface area contributed by atoms with Gasteiger partial charge in [-0.3, -0.25) is 4.90 Å².